The molecule has 0 aliphatic rings. The van der Waals surface area contributed by atoms with Crippen LogP contribution in [0.5, 0.6) is 0 Å². The van der Waals surface area contributed by atoms with Crippen molar-refractivity contribution in [2.24, 2.45) is 0 Å². The zero-order valence-corrected chi connectivity index (χ0v) is 13.8. The molecule has 0 unspecified atom stereocenters. The first-order valence-corrected chi connectivity index (χ1v) is 2.35. The van der Waals surface area contributed by atoms with Gasteiger partial charge in [-0.3, -0.25) is 0 Å². The van der Waals surface area contributed by atoms with Crippen molar-refractivity contribution in [3.8, 4) is 0 Å². The maximum absolute atomic E-state index is 8.88. The molecule has 0 spiro atoms. The van der Waals surface area contributed by atoms with E-state index in [1.807, 2.05) is 0 Å². The van der Waals surface area contributed by atoms with Crippen LogP contribution in [0.2, 0.25) is 0 Å². The SMILES string of the molecule is O=P(O)(O)O.[Eu].[Gd].[V].[Y]. The fourth-order valence-electron chi connectivity index (χ4n) is 0. The van der Waals surface area contributed by atoms with Gasteiger partial charge in [0, 0.05) is 141 Å². The van der Waals surface area contributed by atoms with Crippen LogP contribution in [0, 0.1) is 89.3 Å². The Bertz CT molecular complexity index is 66.7. The first-order valence-electron chi connectivity index (χ1n) is 0.783. The average Bonchev–Trinajstić information content (AvgIpc) is 0.722. The van der Waals surface area contributed by atoms with Crippen molar-refractivity contribution in [2.45, 2.75) is 0 Å². The van der Waals surface area contributed by atoms with Crippen LogP contribution < -0.4 is 0 Å². The summed E-state index contributed by atoms with van der Waals surface area (Å²) in [5, 5.41) is 0. The van der Waals surface area contributed by atoms with E-state index in [1.165, 1.54) is 0 Å². The van der Waals surface area contributed by atoms with Gasteiger partial charge < -0.3 is 14.7 Å². The molecule has 3 radical (unpaired) electrons. The largest absolute Gasteiger partial charge is 0.466 e. The van der Waals surface area contributed by atoms with Crippen molar-refractivity contribution >= 4 is 7.82 Å². The van der Waals surface area contributed by atoms with E-state index in [9.17, 15) is 0 Å². The molecule has 9 heteroatoms. The molecule has 0 aromatic heterocycles. The van der Waals surface area contributed by atoms with E-state index in [0.717, 1.165) is 0 Å². The number of hydrogen-bond acceptors (Lipinski definition) is 1. The van der Waals surface area contributed by atoms with Crippen LogP contribution in [-0.4, -0.2) is 14.7 Å². The normalized spacial score (nSPS) is 6.56. The molecular weight excluding hydrogens is 544 g/mol. The molecule has 0 amide bonds. The summed E-state index contributed by atoms with van der Waals surface area (Å²) in [6.45, 7) is 0. The summed E-state index contributed by atoms with van der Waals surface area (Å²) in [5.41, 5.74) is 0. The zero-order chi connectivity index (χ0) is 4.50. The third kappa shape index (κ3) is 65.7. The summed E-state index contributed by atoms with van der Waals surface area (Å²) < 4.78 is 8.88. The molecule has 9 heavy (non-hydrogen) atoms. The number of phosphoric acid groups is 1. The van der Waals surface area contributed by atoms with Crippen molar-refractivity contribution in [1.82, 2.24) is 0 Å². The first kappa shape index (κ1) is 29.2. The van der Waals surface area contributed by atoms with Crippen LogP contribution in [-0.2, 0) is 55.8 Å². The minimum atomic E-state index is -4.64. The summed E-state index contributed by atoms with van der Waals surface area (Å²) in [6, 6.07) is 0. The standard InChI is InChI=1S/Eu.Gd.H3O4P.V.Y/c;;1-5(2,3)4;;/h;;(H3,1,2,3,4);;. The van der Waals surface area contributed by atoms with Crippen LogP contribution in [0.4, 0.5) is 0 Å². The van der Waals surface area contributed by atoms with Crippen LogP contribution in [0.25, 0.3) is 0 Å². The van der Waals surface area contributed by atoms with E-state index in [1.54, 1.807) is 0 Å². The molecule has 0 aliphatic carbocycles. The Kier molecular flexibility index (Phi) is 49.3. The molecule has 0 saturated heterocycles. The van der Waals surface area contributed by atoms with Gasteiger partial charge in [-0.1, -0.05) is 0 Å². The molecule has 0 aromatic rings. The summed E-state index contributed by atoms with van der Waals surface area (Å²) in [4.78, 5) is 21.6. The summed E-state index contributed by atoms with van der Waals surface area (Å²) >= 11 is 0. The summed E-state index contributed by atoms with van der Waals surface area (Å²) in [5.74, 6) is 0. The minimum Gasteiger partial charge on any atom is -0.303 e. The monoisotopic (exact) mass is 549 g/mol. The van der Waals surface area contributed by atoms with Gasteiger partial charge in [-0.25, -0.2) is 4.57 Å². The fourth-order valence-corrected chi connectivity index (χ4v) is 0. The third-order valence-electron chi connectivity index (χ3n) is 0. The zero-order valence-electron chi connectivity index (χ0n) is 3.95. The predicted molar refractivity (Wildman–Crippen MR) is 14.3 cm³/mol. The Morgan fingerprint density at radius 3 is 1.11 bits per heavy atom. The van der Waals surface area contributed by atoms with Gasteiger partial charge in [0.25, 0.3) is 0 Å². The van der Waals surface area contributed by atoms with E-state index in [2.05, 4.69) is 0 Å². The van der Waals surface area contributed by atoms with Crippen molar-refractivity contribution in [1.29, 1.82) is 0 Å². The maximum Gasteiger partial charge on any atom is 0.466 e. The molecule has 4 nitrogen and oxygen atoms in total. The van der Waals surface area contributed by atoms with Gasteiger partial charge in [0.2, 0.25) is 0 Å². The molecular formula is H3EuGdO4PVY. The Morgan fingerprint density at radius 2 is 1.11 bits per heavy atom. The number of hydrogen-bond donors (Lipinski definition) is 3. The van der Waals surface area contributed by atoms with E-state index in [-0.39, 0.29) is 141 Å². The minimum absolute atomic E-state index is 0. The Hall–Kier alpha value is 4.71. The van der Waals surface area contributed by atoms with Gasteiger partial charge in [0.15, 0.2) is 0 Å². The second kappa shape index (κ2) is 15.2. The second-order valence-corrected chi connectivity index (χ2v) is 1.54. The molecule has 0 bridgehead atoms. The van der Waals surface area contributed by atoms with Gasteiger partial charge in [0.05, 0.1) is 0 Å². The van der Waals surface area contributed by atoms with Gasteiger partial charge in [-0.15, -0.1) is 0 Å². The summed E-state index contributed by atoms with van der Waals surface area (Å²) in [6.07, 6.45) is 0. The maximum atomic E-state index is 8.88. The van der Waals surface area contributed by atoms with Gasteiger partial charge in [0.1, 0.15) is 0 Å². The molecule has 0 rings (SSSR count). The van der Waals surface area contributed by atoms with Gasteiger partial charge in [-0.2, -0.15) is 0 Å². The molecule has 0 fully saturated rings. The van der Waals surface area contributed by atoms with E-state index < -0.39 is 7.82 Å². The Morgan fingerprint density at radius 1 is 1.11 bits per heavy atom. The smallest absolute Gasteiger partial charge is 0.303 e. The molecule has 0 aliphatic heterocycles. The number of rotatable bonds is 0. The third-order valence-corrected chi connectivity index (χ3v) is 0. The Balaban J connectivity index is -0.0000000133. The van der Waals surface area contributed by atoms with E-state index in [0.29, 0.717) is 0 Å². The predicted octanol–water partition coefficient (Wildman–Crippen LogP) is -0.934. The quantitative estimate of drug-likeness (QED) is 0.343. The average molecular weight is 547 g/mol. The molecule has 0 aromatic carbocycles. The molecule has 0 atom stereocenters. The van der Waals surface area contributed by atoms with Crippen LogP contribution in [0.1, 0.15) is 0 Å². The van der Waals surface area contributed by atoms with Crippen molar-refractivity contribution < 1.29 is 160 Å². The van der Waals surface area contributed by atoms with Crippen LogP contribution in [0.3, 0.4) is 0 Å². The van der Waals surface area contributed by atoms with Crippen LogP contribution in [0.15, 0.2) is 0 Å². The van der Waals surface area contributed by atoms with Gasteiger partial charge in [-0.05, 0) is 0 Å². The van der Waals surface area contributed by atoms with Crippen molar-refractivity contribution in [3.05, 3.63) is 0 Å². The molecule has 55 valence electrons. The first-order chi connectivity index (χ1) is 2.00. The molecule has 0 saturated carbocycles. The van der Waals surface area contributed by atoms with Crippen molar-refractivity contribution in [2.75, 3.05) is 0 Å². The van der Waals surface area contributed by atoms with Crippen molar-refractivity contribution in [3.63, 3.8) is 0 Å². The van der Waals surface area contributed by atoms with Crippen LogP contribution >= 0.6 is 7.82 Å². The van der Waals surface area contributed by atoms with E-state index >= 15 is 0 Å². The summed E-state index contributed by atoms with van der Waals surface area (Å²) in [7, 11) is -4.64. The Labute approximate surface area is 163 Å². The second-order valence-electron chi connectivity index (χ2n) is 0.513. The molecule has 0 heterocycles. The van der Waals surface area contributed by atoms with E-state index in [4.69, 9.17) is 19.2 Å². The topological polar surface area (TPSA) is 77.8 Å². The van der Waals surface area contributed by atoms with Gasteiger partial charge >= 0.3 is 7.82 Å². The fraction of sp³-hybridized carbons (Fsp3) is 0. The molecule has 3 N–H and O–H groups in total.